The van der Waals surface area contributed by atoms with Crippen LogP contribution < -0.4 is 10.4 Å². The largest absolute Gasteiger partial charge is 0.523 e. The molecular formula is C44H20F10N6S2. The predicted octanol–water partition coefficient (Wildman–Crippen LogP) is 13.7. The van der Waals surface area contributed by atoms with Gasteiger partial charge >= 0.3 is 26.3 Å². The summed E-state index contributed by atoms with van der Waals surface area (Å²) < 4.78 is 141. The molecule has 2 aliphatic carbocycles. The second-order valence-electron chi connectivity index (χ2n) is 14.0. The van der Waals surface area contributed by atoms with Crippen LogP contribution in [0.25, 0.3) is 47.9 Å². The lowest BCUT2D eigenvalue weighted by Crippen LogP contribution is -2.25. The van der Waals surface area contributed by atoms with E-state index in [-0.39, 0.29) is 119 Å². The second-order valence-corrected chi connectivity index (χ2v) is 18.8. The molecule has 2 aliphatic rings. The average Bonchev–Trinajstić information content (AvgIpc) is 3.79. The summed E-state index contributed by atoms with van der Waals surface area (Å²) in [7, 11) is -20.5. The summed E-state index contributed by atoms with van der Waals surface area (Å²) in [5.41, 5.74) is 0.397. The molecule has 308 valence electrons. The summed E-state index contributed by atoms with van der Waals surface area (Å²) in [5, 5.41) is 30.1. The van der Waals surface area contributed by atoms with E-state index in [0.717, 1.165) is 24.3 Å². The maximum absolute atomic E-state index is 14.1. The Morgan fingerprint density at radius 3 is 1.23 bits per heavy atom. The Morgan fingerprint density at radius 2 is 0.871 bits per heavy atom. The number of nitrogens with zero attached hydrogens (tertiary/aromatic N) is 6. The van der Waals surface area contributed by atoms with Gasteiger partial charge in [-0.15, -0.1) is 0 Å². The summed E-state index contributed by atoms with van der Waals surface area (Å²) >= 11 is 0. The van der Waals surface area contributed by atoms with Crippen LogP contribution in [0.1, 0.15) is 27.8 Å². The van der Waals surface area contributed by atoms with E-state index < -0.39 is 48.1 Å². The normalized spacial score (nSPS) is 15.4. The maximum Gasteiger partial charge on any atom is 0.523 e. The van der Waals surface area contributed by atoms with Crippen molar-refractivity contribution in [1.29, 1.82) is 15.8 Å². The monoisotopic (exact) mass is 886 g/mol. The molecule has 0 saturated heterocycles. The molecule has 5 aromatic carbocycles. The first-order valence-corrected chi connectivity index (χ1v) is 21.3. The number of hydrogen-bond acceptors (Lipinski definition) is 3. The lowest BCUT2D eigenvalue weighted by Gasteiger charge is -2.40. The van der Waals surface area contributed by atoms with Crippen molar-refractivity contribution >= 4 is 37.3 Å². The third kappa shape index (κ3) is 7.40. The van der Waals surface area contributed by atoms with Crippen molar-refractivity contribution in [3.8, 4) is 40.5 Å². The first-order chi connectivity index (χ1) is 28.7. The van der Waals surface area contributed by atoms with Crippen molar-refractivity contribution in [3.63, 3.8) is 0 Å². The number of hydrogen-bond donors (Lipinski definition) is 0. The number of allylic oxidation sites excluding steroid dienone is 3. The van der Waals surface area contributed by atoms with Gasteiger partial charge in [0.15, 0.2) is 5.69 Å². The molecular weight excluding hydrogens is 867 g/mol. The van der Waals surface area contributed by atoms with Gasteiger partial charge in [-0.05, 0) is 114 Å². The molecule has 7 rings (SSSR count). The summed E-state index contributed by atoms with van der Waals surface area (Å²) in [6.07, 6.45) is -0.786. The van der Waals surface area contributed by atoms with E-state index in [1.54, 1.807) is 0 Å². The smallest absolute Gasteiger partial charge is 0.238 e. The van der Waals surface area contributed by atoms with E-state index in [0.29, 0.717) is 0 Å². The van der Waals surface area contributed by atoms with Gasteiger partial charge in [0.2, 0.25) is 0 Å². The van der Waals surface area contributed by atoms with Crippen LogP contribution in [-0.2, 0) is 12.8 Å². The van der Waals surface area contributed by atoms with E-state index >= 15 is 0 Å². The molecule has 18 heteroatoms. The molecule has 62 heavy (non-hydrogen) atoms. The minimum absolute atomic E-state index is 0.000247. The van der Waals surface area contributed by atoms with Crippen LogP contribution in [0.3, 0.4) is 0 Å². The molecule has 0 aromatic heterocycles. The molecule has 0 atom stereocenters. The van der Waals surface area contributed by atoms with Crippen molar-refractivity contribution in [2.75, 3.05) is 0 Å². The number of benzene rings is 5. The molecule has 6 nitrogen and oxygen atoms in total. The van der Waals surface area contributed by atoms with Crippen molar-refractivity contribution in [2.45, 2.75) is 22.6 Å². The van der Waals surface area contributed by atoms with Gasteiger partial charge < -0.3 is 0 Å². The Balaban J connectivity index is 1.82. The highest BCUT2D eigenvalue weighted by atomic mass is 32.5. The Morgan fingerprint density at radius 1 is 0.500 bits per heavy atom. The van der Waals surface area contributed by atoms with Crippen LogP contribution in [0.4, 0.5) is 44.5 Å². The zero-order valence-corrected chi connectivity index (χ0v) is 32.6. The molecule has 0 fully saturated rings. The molecule has 0 saturated carbocycles. The van der Waals surface area contributed by atoms with Crippen LogP contribution in [-0.4, -0.2) is 0 Å². The molecule has 0 aliphatic heterocycles. The fraction of sp³-hybridized carbons (Fsp3) is 0.0455. The van der Waals surface area contributed by atoms with E-state index in [1.165, 1.54) is 48.5 Å². The predicted molar refractivity (Wildman–Crippen MR) is 214 cm³/mol. The number of rotatable bonds is 6. The van der Waals surface area contributed by atoms with Gasteiger partial charge in [0, 0.05) is 6.42 Å². The van der Waals surface area contributed by atoms with Crippen LogP contribution in [0, 0.1) is 53.7 Å². The summed E-state index contributed by atoms with van der Waals surface area (Å²) in [5.74, 6) is -0.511. The van der Waals surface area contributed by atoms with E-state index in [4.69, 9.17) is 19.7 Å². The number of fused-ring (bicyclic) bond motifs is 2. The Bertz CT molecular complexity index is 3060. The minimum Gasteiger partial charge on any atom is -0.238 e. The number of halogens is 10. The maximum atomic E-state index is 14.1. The van der Waals surface area contributed by atoms with E-state index in [2.05, 4.69) is 14.5 Å². The van der Waals surface area contributed by atoms with Gasteiger partial charge in [0.05, 0.1) is 23.8 Å². The third-order valence-electron chi connectivity index (χ3n) is 10.3. The fourth-order valence-electron chi connectivity index (χ4n) is 7.76. The van der Waals surface area contributed by atoms with E-state index in [9.17, 15) is 54.6 Å². The van der Waals surface area contributed by atoms with Gasteiger partial charge in [-0.25, -0.2) is 4.85 Å². The highest BCUT2D eigenvalue weighted by Gasteiger charge is 2.66. The Kier molecular flexibility index (Phi) is 8.81. The molecule has 0 spiro atoms. The zero-order chi connectivity index (χ0) is 45.3. The molecule has 0 radical (unpaired) electrons. The highest BCUT2D eigenvalue weighted by molar-refractivity contribution is 8.46. The molecule has 0 amide bonds. The van der Waals surface area contributed by atoms with Gasteiger partial charge in [-0.3, -0.25) is 0 Å². The molecule has 0 bridgehead atoms. The van der Waals surface area contributed by atoms with Crippen molar-refractivity contribution in [3.05, 3.63) is 192 Å². The first-order valence-electron chi connectivity index (χ1n) is 17.4. The van der Waals surface area contributed by atoms with Crippen LogP contribution in [0.5, 0.6) is 0 Å². The van der Waals surface area contributed by atoms with Crippen molar-refractivity contribution in [1.82, 2.24) is 0 Å². The Hall–Kier alpha value is -7.74. The molecule has 5 aromatic rings. The lowest BCUT2D eigenvalue weighted by molar-refractivity contribution is 0.360. The quantitative estimate of drug-likeness (QED) is 0.0967. The number of nitriles is 3. The van der Waals surface area contributed by atoms with Gasteiger partial charge in [0.1, 0.15) is 40.6 Å². The molecule has 0 unspecified atom stereocenters. The standard InChI is InChI=1S/C44H20F10N6S2/c1-58-31-14-8-27(9-15-31)41-37(44(59-2)60-3)21-36-40(29-12-18-33(19-13-29)62(50,51,52,53)54)42-35(39(43(36)41)28-10-16-32(17-11-28)61(45,46,47,48)49)20-34(30(23-56)24-57)38(42)26-6-4-25(22-55)5-7-26/h4-19H,20-21H2. The van der Waals surface area contributed by atoms with Crippen LogP contribution in [0.15, 0.2) is 129 Å². The SMILES string of the molecule is [C-]#[N+]C([N+]#[C-])=C1Cc2c(-c3ccc(S(F)(F)(F)(F)F)cc3)c3c(c(-c4ccc(S(F)(F)(F)(F)F)cc4)c2=C1c1ccc([N+]#[C-])cc1)CC(=C(C#N)C#N)C=3c1ccc(C#N)cc1. The van der Waals surface area contributed by atoms with Crippen molar-refractivity contribution in [2.24, 2.45) is 0 Å². The fourth-order valence-corrected chi connectivity index (χ4v) is 9.06. The average molecular weight is 887 g/mol. The minimum atomic E-state index is -10.3. The lowest BCUT2D eigenvalue weighted by atomic mass is 9.86. The topological polar surface area (TPSA) is 84.5 Å². The Labute approximate surface area is 346 Å². The van der Waals surface area contributed by atoms with Crippen LogP contribution >= 0.6 is 20.4 Å². The van der Waals surface area contributed by atoms with Gasteiger partial charge in [-0.2, -0.15) is 25.5 Å². The third-order valence-corrected chi connectivity index (χ3v) is 12.6. The molecule has 0 N–H and O–H groups in total. The summed E-state index contributed by atoms with van der Waals surface area (Å²) in [6.45, 7) is 23.2. The summed E-state index contributed by atoms with van der Waals surface area (Å²) in [4.78, 5) is 5.67. The summed E-state index contributed by atoms with van der Waals surface area (Å²) in [6, 6.07) is 20.5. The van der Waals surface area contributed by atoms with Crippen molar-refractivity contribution < 1.29 is 38.9 Å². The van der Waals surface area contributed by atoms with Crippen LogP contribution in [0.2, 0.25) is 0 Å². The highest BCUT2D eigenvalue weighted by Crippen LogP contribution is 3.02. The van der Waals surface area contributed by atoms with Gasteiger partial charge in [0.25, 0.3) is 0 Å². The molecule has 0 heterocycles. The zero-order valence-electron chi connectivity index (χ0n) is 30.9. The second kappa shape index (κ2) is 12.9. The van der Waals surface area contributed by atoms with Gasteiger partial charge in [-0.1, -0.05) is 99.5 Å². The van der Waals surface area contributed by atoms with E-state index in [1.807, 2.05) is 18.2 Å². The first kappa shape index (κ1) is 42.4.